The van der Waals surface area contributed by atoms with Crippen molar-refractivity contribution in [1.82, 2.24) is 19.7 Å². The topological polar surface area (TPSA) is 95.1 Å². The number of allylic oxidation sites excluding steroid dienone is 1. The first-order chi connectivity index (χ1) is 20.0. The van der Waals surface area contributed by atoms with E-state index in [0.29, 0.717) is 39.0 Å². The molecule has 0 radical (unpaired) electrons. The van der Waals surface area contributed by atoms with Gasteiger partial charge in [-0.05, 0) is 49.2 Å². The molecule has 2 aromatic heterocycles. The molecule has 0 bridgehead atoms. The highest BCUT2D eigenvalue weighted by molar-refractivity contribution is 7.98. The molecule has 3 heterocycles. The number of oxazole rings is 1. The molecular formula is C31H26ClN5O3S. The van der Waals surface area contributed by atoms with Crippen LogP contribution in [0, 0.1) is 0 Å². The molecule has 5 aromatic rings. The van der Waals surface area contributed by atoms with E-state index in [9.17, 15) is 4.79 Å². The fourth-order valence-corrected chi connectivity index (χ4v) is 5.56. The van der Waals surface area contributed by atoms with Crippen LogP contribution in [0.1, 0.15) is 31.0 Å². The summed E-state index contributed by atoms with van der Waals surface area (Å²) in [7, 11) is 0. The van der Waals surface area contributed by atoms with Gasteiger partial charge in [-0.25, -0.2) is 14.5 Å². The lowest BCUT2D eigenvalue weighted by Crippen LogP contribution is -2.29. The molecule has 1 atom stereocenters. The normalized spacial score (nSPS) is 14.5. The fourth-order valence-electron chi connectivity index (χ4n) is 4.65. The smallest absolute Gasteiger partial charge is 0.338 e. The first-order valence-electron chi connectivity index (χ1n) is 13.1. The maximum atomic E-state index is 13.0. The van der Waals surface area contributed by atoms with E-state index in [-0.39, 0.29) is 6.61 Å². The minimum atomic E-state index is -0.495. The molecule has 8 nitrogen and oxygen atoms in total. The number of hydrogen-bond acceptors (Lipinski definition) is 8. The van der Waals surface area contributed by atoms with Crippen molar-refractivity contribution in [2.75, 3.05) is 11.9 Å². The summed E-state index contributed by atoms with van der Waals surface area (Å²) in [6.07, 6.45) is 1.75. The number of hydrogen-bond donors (Lipinski definition) is 1. The van der Waals surface area contributed by atoms with Crippen molar-refractivity contribution in [2.24, 2.45) is 0 Å². The number of anilines is 1. The van der Waals surface area contributed by atoms with Crippen LogP contribution in [0.4, 0.5) is 5.95 Å². The lowest BCUT2D eigenvalue weighted by Gasteiger charge is -2.28. The minimum Gasteiger partial charge on any atom is -0.463 e. The number of aromatic nitrogens is 4. The second-order valence-corrected chi connectivity index (χ2v) is 10.8. The molecule has 0 fully saturated rings. The maximum Gasteiger partial charge on any atom is 0.338 e. The summed E-state index contributed by atoms with van der Waals surface area (Å²) in [6.45, 7) is 3.91. The van der Waals surface area contributed by atoms with Gasteiger partial charge in [0.25, 0.3) is 0 Å². The zero-order chi connectivity index (χ0) is 28.3. The van der Waals surface area contributed by atoms with Crippen LogP contribution in [0.25, 0.3) is 22.8 Å². The molecule has 0 aliphatic carbocycles. The highest BCUT2D eigenvalue weighted by Gasteiger charge is 2.35. The van der Waals surface area contributed by atoms with Gasteiger partial charge in [0, 0.05) is 27.6 Å². The van der Waals surface area contributed by atoms with Gasteiger partial charge in [-0.1, -0.05) is 78.0 Å². The van der Waals surface area contributed by atoms with Crippen molar-refractivity contribution >= 4 is 35.3 Å². The first kappa shape index (κ1) is 26.9. The predicted octanol–water partition coefficient (Wildman–Crippen LogP) is 7.40. The van der Waals surface area contributed by atoms with Crippen LogP contribution < -0.4 is 5.32 Å². The molecule has 3 aromatic carbocycles. The Kier molecular flexibility index (Phi) is 7.63. The summed E-state index contributed by atoms with van der Waals surface area (Å²) in [5, 5.41) is 9.21. The number of carbonyl (C=O) groups is 1. The third kappa shape index (κ3) is 5.64. The number of thioether (sulfide) groups is 1. The van der Waals surface area contributed by atoms with Crippen molar-refractivity contribution < 1.29 is 13.9 Å². The highest BCUT2D eigenvalue weighted by Crippen LogP contribution is 2.37. The molecule has 0 amide bonds. The molecule has 0 saturated heterocycles. The predicted molar refractivity (Wildman–Crippen MR) is 160 cm³/mol. The quantitative estimate of drug-likeness (QED) is 0.149. The van der Waals surface area contributed by atoms with Crippen LogP contribution >= 0.6 is 23.4 Å². The molecule has 1 unspecified atom stereocenters. The molecule has 0 saturated carbocycles. The minimum absolute atomic E-state index is 0.275. The maximum absolute atomic E-state index is 13.0. The summed E-state index contributed by atoms with van der Waals surface area (Å²) in [5.41, 5.74) is 5.02. The Morgan fingerprint density at radius 3 is 2.54 bits per heavy atom. The molecule has 206 valence electrons. The van der Waals surface area contributed by atoms with E-state index in [1.165, 1.54) is 11.8 Å². The Bertz CT molecular complexity index is 1710. The number of ether oxygens (including phenoxy) is 1. The lowest BCUT2D eigenvalue weighted by molar-refractivity contribution is -0.139. The van der Waals surface area contributed by atoms with Crippen LogP contribution in [-0.4, -0.2) is 32.3 Å². The zero-order valence-electron chi connectivity index (χ0n) is 22.4. The number of carbonyl (C=O) groups excluding carboxylic acids is 1. The summed E-state index contributed by atoms with van der Waals surface area (Å²) in [5.74, 6) is 2.14. The van der Waals surface area contributed by atoms with Gasteiger partial charge in [-0.2, -0.15) is 4.98 Å². The molecule has 41 heavy (non-hydrogen) atoms. The van der Waals surface area contributed by atoms with E-state index in [4.69, 9.17) is 30.8 Å². The van der Waals surface area contributed by atoms with Gasteiger partial charge in [0.1, 0.15) is 6.04 Å². The van der Waals surface area contributed by atoms with Crippen molar-refractivity contribution in [3.63, 3.8) is 0 Å². The zero-order valence-corrected chi connectivity index (χ0v) is 23.9. The molecule has 1 aliphatic rings. The van der Waals surface area contributed by atoms with Crippen LogP contribution in [0.3, 0.4) is 0 Å². The van der Waals surface area contributed by atoms with Crippen molar-refractivity contribution in [2.45, 2.75) is 30.8 Å². The largest absolute Gasteiger partial charge is 0.463 e. The standard InChI is InChI=1S/C31H26ClN5O3S/c1-3-39-29(38)26-19(2)34-30-35-31(36-37(30)27(26)22-13-15-24(32)16-14-22)41-18-20-9-11-23(12-10-20)28-33-17-25(40-28)21-7-5-4-6-8-21/h4-17,27H,3,18H2,1-2H3,(H,34,35,36). The van der Waals surface area contributed by atoms with Crippen LogP contribution in [0.2, 0.25) is 5.02 Å². The number of fused-ring (bicyclic) bond motifs is 1. The third-order valence-corrected chi connectivity index (χ3v) is 7.81. The lowest BCUT2D eigenvalue weighted by atomic mass is 9.96. The molecule has 10 heteroatoms. The SMILES string of the molecule is CCOC(=O)C1=C(C)Nc2nc(SCc3ccc(-c4ncc(-c5ccccc5)o4)cc3)nn2C1c1ccc(Cl)cc1. The Hall–Kier alpha value is -4.34. The Morgan fingerprint density at radius 1 is 1.05 bits per heavy atom. The molecule has 0 spiro atoms. The monoisotopic (exact) mass is 583 g/mol. The molecule has 1 aliphatic heterocycles. The third-order valence-electron chi connectivity index (χ3n) is 6.65. The summed E-state index contributed by atoms with van der Waals surface area (Å²) >= 11 is 7.65. The molecule has 1 N–H and O–H groups in total. The van der Waals surface area contributed by atoms with E-state index in [1.807, 2.05) is 73.7 Å². The number of esters is 1. The van der Waals surface area contributed by atoms with Gasteiger partial charge < -0.3 is 14.5 Å². The second kappa shape index (κ2) is 11.6. The van der Waals surface area contributed by atoms with Crippen molar-refractivity contribution in [3.05, 3.63) is 112 Å². The number of halogens is 1. The van der Waals surface area contributed by atoms with Gasteiger partial charge in [0.05, 0.1) is 18.4 Å². The number of nitrogens with zero attached hydrogens (tertiary/aromatic N) is 4. The van der Waals surface area contributed by atoms with E-state index in [2.05, 4.69) is 10.3 Å². The second-order valence-electron chi connectivity index (χ2n) is 9.38. The van der Waals surface area contributed by atoms with Crippen molar-refractivity contribution in [1.29, 1.82) is 0 Å². The average molecular weight is 584 g/mol. The summed E-state index contributed by atoms with van der Waals surface area (Å²) in [4.78, 5) is 22.1. The van der Waals surface area contributed by atoms with Crippen LogP contribution in [-0.2, 0) is 15.3 Å². The van der Waals surface area contributed by atoms with Crippen LogP contribution in [0.15, 0.2) is 106 Å². The van der Waals surface area contributed by atoms with E-state index in [1.54, 1.807) is 29.9 Å². The number of nitrogens with one attached hydrogen (secondary N) is 1. The van der Waals surface area contributed by atoms with Gasteiger partial charge in [-0.3, -0.25) is 0 Å². The van der Waals surface area contributed by atoms with E-state index < -0.39 is 12.0 Å². The van der Waals surface area contributed by atoms with E-state index >= 15 is 0 Å². The average Bonchev–Trinajstić information content (AvgIpc) is 3.64. The van der Waals surface area contributed by atoms with Gasteiger partial charge in [0.2, 0.25) is 17.0 Å². The Morgan fingerprint density at radius 2 is 1.80 bits per heavy atom. The van der Waals surface area contributed by atoms with Gasteiger partial charge in [0.15, 0.2) is 5.76 Å². The Balaban J connectivity index is 1.20. The van der Waals surface area contributed by atoms with Crippen LogP contribution in [0.5, 0.6) is 0 Å². The molecule has 6 rings (SSSR count). The highest BCUT2D eigenvalue weighted by atomic mass is 35.5. The Labute approximate surface area is 246 Å². The number of benzene rings is 3. The van der Waals surface area contributed by atoms with Crippen molar-refractivity contribution in [3.8, 4) is 22.8 Å². The summed E-state index contributed by atoms with van der Waals surface area (Å²) in [6, 6.07) is 24.9. The van der Waals surface area contributed by atoms with E-state index in [0.717, 1.165) is 28.0 Å². The van der Waals surface area contributed by atoms with Gasteiger partial charge >= 0.3 is 5.97 Å². The van der Waals surface area contributed by atoms with Gasteiger partial charge in [-0.15, -0.1) is 5.10 Å². The number of rotatable bonds is 8. The summed E-state index contributed by atoms with van der Waals surface area (Å²) < 4.78 is 13.1. The molecular weight excluding hydrogens is 558 g/mol. The first-order valence-corrected chi connectivity index (χ1v) is 14.5. The fraction of sp³-hybridized carbons (Fsp3) is 0.161.